The van der Waals surface area contributed by atoms with Gasteiger partial charge in [0.25, 0.3) is 15.9 Å². The first-order valence-corrected chi connectivity index (χ1v) is 14.1. The van der Waals surface area contributed by atoms with Gasteiger partial charge in [0.05, 0.1) is 15.1 Å². The Hall–Kier alpha value is -3.05. The van der Waals surface area contributed by atoms with E-state index in [-0.39, 0.29) is 16.5 Å². The Morgan fingerprint density at radius 1 is 1.05 bits per heavy atom. The molecule has 0 radical (unpaired) electrons. The first-order valence-electron chi connectivity index (χ1n) is 11.5. The van der Waals surface area contributed by atoms with Gasteiger partial charge in [-0.1, -0.05) is 22.9 Å². The van der Waals surface area contributed by atoms with Gasteiger partial charge < -0.3 is 4.90 Å². The fraction of sp³-hybridized carbons (Fsp3) is 0.231. The molecule has 194 valence electrons. The number of nitrogens with one attached hydrogen (secondary N) is 1. The van der Waals surface area contributed by atoms with Crippen molar-refractivity contribution in [3.05, 3.63) is 82.6 Å². The van der Waals surface area contributed by atoms with Gasteiger partial charge in [0.1, 0.15) is 5.82 Å². The fourth-order valence-electron chi connectivity index (χ4n) is 3.75. The average molecular weight is 561 g/mol. The highest BCUT2D eigenvalue weighted by molar-refractivity contribution is 7.92. The summed E-state index contributed by atoms with van der Waals surface area (Å²) in [6, 6.07) is 14.4. The summed E-state index contributed by atoms with van der Waals surface area (Å²) in [6.07, 6.45) is 0.740. The molecule has 0 unspecified atom stereocenters. The quantitative estimate of drug-likeness (QED) is 0.280. The molecule has 0 aliphatic heterocycles. The molecule has 0 atom stereocenters. The number of carbonyl (C=O) groups excluding carboxylic acids is 1. The molecule has 1 aromatic heterocycles. The van der Waals surface area contributed by atoms with E-state index >= 15 is 0 Å². The molecular formula is C26H26ClFN4O3S2. The van der Waals surface area contributed by atoms with Gasteiger partial charge in [0.2, 0.25) is 0 Å². The smallest absolute Gasteiger partial charge is 0.261 e. The number of halogens is 2. The van der Waals surface area contributed by atoms with Crippen molar-refractivity contribution in [1.82, 2.24) is 9.88 Å². The summed E-state index contributed by atoms with van der Waals surface area (Å²) in [6.45, 7) is 3.19. The first kappa shape index (κ1) is 27.0. The van der Waals surface area contributed by atoms with Crippen LogP contribution in [0.4, 0.5) is 15.2 Å². The maximum atomic E-state index is 13.6. The predicted molar refractivity (Wildman–Crippen MR) is 148 cm³/mol. The van der Waals surface area contributed by atoms with Crippen LogP contribution >= 0.6 is 22.9 Å². The van der Waals surface area contributed by atoms with Crippen molar-refractivity contribution in [3.63, 3.8) is 0 Å². The van der Waals surface area contributed by atoms with Crippen molar-refractivity contribution in [2.45, 2.75) is 18.2 Å². The van der Waals surface area contributed by atoms with Crippen molar-refractivity contribution in [1.29, 1.82) is 0 Å². The second-order valence-electron chi connectivity index (χ2n) is 8.82. The van der Waals surface area contributed by atoms with Crippen LogP contribution in [-0.2, 0) is 10.0 Å². The van der Waals surface area contributed by atoms with Crippen molar-refractivity contribution in [3.8, 4) is 0 Å². The highest BCUT2D eigenvalue weighted by Crippen LogP contribution is 2.34. The Morgan fingerprint density at radius 2 is 1.73 bits per heavy atom. The summed E-state index contributed by atoms with van der Waals surface area (Å²) in [4.78, 5) is 22.0. The summed E-state index contributed by atoms with van der Waals surface area (Å²) in [5, 5.41) is 1.19. The minimum absolute atomic E-state index is 0.0626. The highest BCUT2D eigenvalue weighted by atomic mass is 35.5. The van der Waals surface area contributed by atoms with Crippen LogP contribution in [0.1, 0.15) is 22.3 Å². The SMILES string of the molecule is Cc1cc(Cl)cc2sc(N(CCCN(C)C)C(=O)c3ccc(NS(=O)(=O)c4ccc(F)cc4)cc3)nc12. The number of carbonyl (C=O) groups is 1. The van der Waals surface area contributed by atoms with Gasteiger partial charge in [-0.2, -0.15) is 0 Å². The van der Waals surface area contributed by atoms with E-state index in [1.165, 1.54) is 35.6 Å². The lowest BCUT2D eigenvalue weighted by atomic mass is 10.2. The largest absolute Gasteiger partial charge is 0.309 e. The Kier molecular flexibility index (Phi) is 8.13. The van der Waals surface area contributed by atoms with E-state index in [2.05, 4.69) is 4.72 Å². The van der Waals surface area contributed by atoms with Crippen LogP contribution in [0, 0.1) is 12.7 Å². The molecule has 4 aromatic rings. The second-order valence-corrected chi connectivity index (χ2v) is 11.9. The molecule has 1 heterocycles. The number of hydrogen-bond acceptors (Lipinski definition) is 6. The summed E-state index contributed by atoms with van der Waals surface area (Å²) >= 11 is 7.63. The van der Waals surface area contributed by atoms with Crippen LogP contribution in [0.15, 0.2) is 65.6 Å². The number of aromatic nitrogens is 1. The molecule has 3 aromatic carbocycles. The molecular weight excluding hydrogens is 535 g/mol. The van der Waals surface area contributed by atoms with E-state index in [1.54, 1.807) is 17.0 Å². The number of rotatable bonds is 9. The molecule has 0 spiro atoms. The number of benzene rings is 3. The van der Waals surface area contributed by atoms with Gasteiger partial charge in [-0.05, 0) is 100 Å². The summed E-state index contributed by atoms with van der Waals surface area (Å²) in [5.41, 5.74) is 2.41. The average Bonchev–Trinajstić information content (AvgIpc) is 3.26. The molecule has 37 heavy (non-hydrogen) atoms. The number of thiazole rings is 1. The summed E-state index contributed by atoms with van der Waals surface area (Å²) in [7, 11) is 0.0454. The van der Waals surface area contributed by atoms with E-state index in [0.29, 0.717) is 22.3 Å². The number of sulfonamides is 1. The lowest BCUT2D eigenvalue weighted by Crippen LogP contribution is -2.33. The fourth-order valence-corrected chi connectivity index (χ4v) is 6.26. The van der Waals surface area contributed by atoms with Gasteiger partial charge in [-0.15, -0.1) is 0 Å². The number of hydrogen-bond donors (Lipinski definition) is 1. The van der Waals surface area contributed by atoms with Crippen molar-refractivity contribution >= 4 is 59.9 Å². The van der Waals surface area contributed by atoms with Crippen LogP contribution in [0.3, 0.4) is 0 Å². The molecule has 1 N–H and O–H groups in total. The molecule has 11 heteroatoms. The van der Waals surface area contributed by atoms with Gasteiger partial charge >= 0.3 is 0 Å². The molecule has 0 saturated carbocycles. The molecule has 1 amide bonds. The third-order valence-corrected chi connectivity index (χ3v) is 8.25. The number of amides is 1. The van der Waals surface area contributed by atoms with E-state index < -0.39 is 15.8 Å². The van der Waals surface area contributed by atoms with E-state index in [1.807, 2.05) is 38.1 Å². The third-order valence-electron chi connectivity index (χ3n) is 5.61. The van der Waals surface area contributed by atoms with Gasteiger partial charge in [0, 0.05) is 22.8 Å². The number of nitrogens with zero attached hydrogens (tertiary/aromatic N) is 3. The van der Waals surface area contributed by atoms with Crippen molar-refractivity contribution in [2.75, 3.05) is 36.8 Å². The molecule has 4 rings (SSSR count). The van der Waals surface area contributed by atoms with Crippen LogP contribution in [0.25, 0.3) is 10.2 Å². The first-order chi connectivity index (χ1) is 17.5. The Bertz CT molecular complexity index is 1520. The van der Waals surface area contributed by atoms with E-state index in [0.717, 1.165) is 40.9 Å². The summed E-state index contributed by atoms with van der Waals surface area (Å²) in [5.74, 6) is -0.766. The second kappa shape index (κ2) is 11.1. The standard InChI is InChI=1S/C26H26ClFN4O3S2/c1-17-15-19(27)16-23-24(17)29-26(36-23)32(14-4-13-31(2)3)25(33)18-5-9-21(10-6-18)30-37(34,35)22-11-7-20(28)8-12-22/h5-12,15-16,30H,4,13-14H2,1-3H3. The molecule has 0 saturated heterocycles. The molecule has 7 nitrogen and oxygen atoms in total. The molecule has 0 aliphatic carbocycles. The molecule has 0 bridgehead atoms. The zero-order chi connectivity index (χ0) is 26.7. The number of anilines is 2. The molecule has 0 fully saturated rings. The van der Waals surface area contributed by atoms with Crippen LogP contribution in [-0.4, -0.2) is 51.4 Å². The van der Waals surface area contributed by atoms with Gasteiger partial charge in [-0.3, -0.25) is 14.4 Å². The summed E-state index contributed by atoms with van der Waals surface area (Å²) < 4.78 is 41.7. The Balaban J connectivity index is 1.59. The predicted octanol–water partition coefficient (Wildman–Crippen LogP) is 5.80. The highest BCUT2D eigenvalue weighted by Gasteiger charge is 2.22. The minimum atomic E-state index is -3.90. The van der Waals surface area contributed by atoms with Gasteiger partial charge in [-0.25, -0.2) is 17.8 Å². The zero-order valence-corrected chi connectivity index (χ0v) is 22.9. The normalized spacial score (nSPS) is 11.7. The Morgan fingerprint density at radius 3 is 2.38 bits per heavy atom. The number of fused-ring (bicyclic) bond motifs is 1. The van der Waals surface area contributed by atoms with Crippen molar-refractivity contribution < 1.29 is 17.6 Å². The van der Waals surface area contributed by atoms with Crippen LogP contribution < -0.4 is 9.62 Å². The zero-order valence-electron chi connectivity index (χ0n) is 20.5. The lowest BCUT2D eigenvalue weighted by molar-refractivity contribution is 0.0986. The van der Waals surface area contributed by atoms with E-state index in [9.17, 15) is 17.6 Å². The van der Waals surface area contributed by atoms with Crippen LogP contribution in [0.2, 0.25) is 5.02 Å². The maximum Gasteiger partial charge on any atom is 0.261 e. The van der Waals surface area contributed by atoms with Crippen LogP contribution in [0.5, 0.6) is 0 Å². The maximum absolute atomic E-state index is 13.6. The van der Waals surface area contributed by atoms with Crippen molar-refractivity contribution in [2.24, 2.45) is 0 Å². The van der Waals surface area contributed by atoms with Gasteiger partial charge in [0.15, 0.2) is 5.13 Å². The Labute approximate surface area is 224 Å². The topological polar surface area (TPSA) is 82.6 Å². The monoisotopic (exact) mass is 560 g/mol. The molecule has 0 aliphatic rings. The minimum Gasteiger partial charge on any atom is -0.309 e. The lowest BCUT2D eigenvalue weighted by Gasteiger charge is -2.21. The van der Waals surface area contributed by atoms with E-state index in [4.69, 9.17) is 16.6 Å². The number of aryl methyl sites for hydroxylation is 1. The third kappa shape index (κ3) is 6.45.